The average molecular weight is 241 g/mol. The molecule has 2 fully saturated rings. The number of nitrogens with zero attached hydrogens (tertiary/aromatic N) is 5. The van der Waals surface area contributed by atoms with Gasteiger partial charge in [-0.2, -0.15) is 10.2 Å². The maximum absolute atomic E-state index is 4.32. The van der Waals surface area contributed by atoms with Gasteiger partial charge in [-0.05, 0) is 31.0 Å². The predicted molar refractivity (Wildman–Crippen MR) is 67.5 cm³/mol. The normalized spacial score (nSPS) is 19.9. The van der Waals surface area contributed by atoms with E-state index >= 15 is 0 Å². The highest BCUT2D eigenvalue weighted by atomic mass is 15.4. The Morgan fingerprint density at radius 2 is 2.00 bits per heavy atom. The van der Waals surface area contributed by atoms with Gasteiger partial charge in [0.05, 0.1) is 11.7 Å². The molecule has 1 saturated carbocycles. The standard InChI is InChI=1S/C13H15N5/c1-6-14-18(7-1)11-8-17(9-11)13-5-4-12(15-16-13)10-2-3-10/h1,4-7,10-11H,2-3,8-9H2. The second kappa shape index (κ2) is 3.80. The second-order valence-corrected chi connectivity index (χ2v) is 5.14. The topological polar surface area (TPSA) is 46.8 Å². The lowest BCUT2D eigenvalue weighted by molar-refractivity contribution is 0.365. The summed E-state index contributed by atoms with van der Waals surface area (Å²) in [6, 6.07) is 6.67. The Hall–Kier alpha value is -1.91. The third kappa shape index (κ3) is 1.66. The van der Waals surface area contributed by atoms with Crippen LogP contribution in [0.1, 0.15) is 30.5 Å². The third-order valence-electron chi connectivity index (χ3n) is 3.75. The molecule has 0 radical (unpaired) electrons. The van der Waals surface area contributed by atoms with Crippen LogP contribution in [0.3, 0.4) is 0 Å². The van der Waals surface area contributed by atoms with Gasteiger partial charge in [-0.15, -0.1) is 5.10 Å². The first kappa shape index (κ1) is 10.1. The summed E-state index contributed by atoms with van der Waals surface area (Å²) in [6.07, 6.45) is 6.40. The molecule has 0 atom stereocenters. The molecule has 2 aromatic rings. The van der Waals surface area contributed by atoms with Crippen molar-refractivity contribution >= 4 is 5.82 Å². The lowest BCUT2D eigenvalue weighted by Crippen LogP contribution is -2.48. The molecular weight excluding hydrogens is 226 g/mol. The van der Waals surface area contributed by atoms with Crippen LogP contribution >= 0.6 is 0 Å². The highest BCUT2D eigenvalue weighted by Gasteiger charge is 2.30. The molecule has 0 unspecified atom stereocenters. The zero-order valence-electron chi connectivity index (χ0n) is 10.1. The Bertz CT molecular complexity index is 523. The third-order valence-corrected chi connectivity index (χ3v) is 3.75. The minimum Gasteiger partial charge on any atom is -0.351 e. The van der Waals surface area contributed by atoms with E-state index in [0.717, 1.165) is 24.6 Å². The summed E-state index contributed by atoms with van der Waals surface area (Å²) >= 11 is 0. The summed E-state index contributed by atoms with van der Waals surface area (Å²) in [4.78, 5) is 2.25. The first-order valence-corrected chi connectivity index (χ1v) is 6.48. The van der Waals surface area contributed by atoms with Crippen molar-refractivity contribution in [1.29, 1.82) is 0 Å². The Morgan fingerprint density at radius 1 is 1.11 bits per heavy atom. The molecule has 1 aliphatic carbocycles. The van der Waals surface area contributed by atoms with Gasteiger partial charge < -0.3 is 4.90 Å². The summed E-state index contributed by atoms with van der Waals surface area (Å²) in [6.45, 7) is 1.94. The van der Waals surface area contributed by atoms with Gasteiger partial charge >= 0.3 is 0 Å². The molecule has 2 aliphatic rings. The van der Waals surface area contributed by atoms with E-state index in [1.165, 1.54) is 12.8 Å². The highest BCUT2D eigenvalue weighted by Crippen LogP contribution is 2.39. The molecule has 3 heterocycles. The van der Waals surface area contributed by atoms with Crippen molar-refractivity contribution < 1.29 is 0 Å². The van der Waals surface area contributed by atoms with E-state index in [-0.39, 0.29) is 0 Å². The molecule has 1 saturated heterocycles. The summed E-state index contributed by atoms with van der Waals surface area (Å²) < 4.78 is 2.02. The zero-order chi connectivity index (χ0) is 11.9. The van der Waals surface area contributed by atoms with Crippen LogP contribution < -0.4 is 4.90 Å². The van der Waals surface area contributed by atoms with E-state index in [0.29, 0.717) is 12.0 Å². The number of aromatic nitrogens is 4. The lowest BCUT2D eigenvalue weighted by Gasteiger charge is -2.39. The fraction of sp³-hybridized carbons (Fsp3) is 0.462. The number of anilines is 1. The van der Waals surface area contributed by atoms with Crippen LogP contribution in [0.4, 0.5) is 5.82 Å². The fourth-order valence-corrected chi connectivity index (χ4v) is 2.41. The number of rotatable bonds is 3. The van der Waals surface area contributed by atoms with Crippen LogP contribution in [-0.4, -0.2) is 33.1 Å². The maximum atomic E-state index is 4.32. The van der Waals surface area contributed by atoms with Crippen molar-refractivity contribution in [1.82, 2.24) is 20.0 Å². The van der Waals surface area contributed by atoms with Gasteiger partial charge in [-0.3, -0.25) is 4.68 Å². The van der Waals surface area contributed by atoms with Gasteiger partial charge in [0.2, 0.25) is 0 Å². The van der Waals surface area contributed by atoms with E-state index in [9.17, 15) is 0 Å². The van der Waals surface area contributed by atoms with Gasteiger partial charge in [0, 0.05) is 31.4 Å². The molecule has 18 heavy (non-hydrogen) atoms. The van der Waals surface area contributed by atoms with E-state index in [1.807, 2.05) is 23.1 Å². The fourth-order valence-electron chi connectivity index (χ4n) is 2.41. The van der Waals surface area contributed by atoms with E-state index in [1.54, 1.807) is 0 Å². The Balaban J connectivity index is 1.43. The smallest absolute Gasteiger partial charge is 0.151 e. The molecular formula is C13H15N5. The Labute approximate surface area is 105 Å². The van der Waals surface area contributed by atoms with E-state index in [2.05, 4.69) is 32.3 Å². The second-order valence-electron chi connectivity index (χ2n) is 5.14. The zero-order valence-corrected chi connectivity index (χ0v) is 10.1. The Kier molecular flexibility index (Phi) is 2.12. The van der Waals surface area contributed by atoms with Crippen molar-refractivity contribution in [2.24, 2.45) is 0 Å². The van der Waals surface area contributed by atoms with Gasteiger partial charge in [0.15, 0.2) is 5.82 Å². The van der Waals surface area contributed by atoms with Gasteiger partial charge in [-0.1, -0.05) is 0 Å². The van der Waals surface area contributed by atoms with Crippen molar-refractivity contribution in [2.75, 3.05) is 18.0 Å². The largest absolute Gasteiger partial charge is 0.351 e. The van der Waals surface area contributed by atoms with Crippen molar-refractivity contribution in [3.63, 3.8) is 0 Å². The average Bonchev–Trinajstić information content (AvgIpc) is 3.06. The highest BCUT2D eigenvalue weighted by molar-refractivity contribution is 5.41. The molecule has 0 bridgehead atoms. The van der Waals surface area contributed by atoms with Crippen molar-refractivity contribution in [3.8, 4) is 0 Å². The van der Waals surface area contributed by atoms with Crippen LogP contribution in [0, 0.1) is 0 Å². The van der Waals surface area contributed by atoms with Crippen LogP contribution in [0.2, 0.25) is 0 Å². The van der Waals surface area contributed by atoms with Gasteiger partial charge in [0.25, 0.3) is 0 Å². The quantitative estimate of drug-likeness (QED) is 0.819. The molecule has 2 aromatic heterocycles. The maximum Gasteiger partial charge on any atom is 0.151 e. The summed E-state index contributed by atoms with van der Waals surface area (Å²) in [5.41, 5.74) is 1.16. The predicted octanol–water partition coefficient (Wildman–Crippen LogP) is 1.61. The molecule has 0 spiro atoms. The van der Waals surface area contributed by atoms with Crippen LogP contribution in [0.15, 0.2) is 30.6 Å². The monoisotopic (exact) mass is 241 g/mol. The van der Waals surface area contributed by atoms with Crippen LogP contribution in [-0.2, 0) is 0 Å². The minimum atomic E-state index is 0.477. The van der Waals surface area contributed by atoms with Crippen LogP contribution in [0.5, 0.6) is 0 Å². The number of hydrogen-bond donors (Lipinski definition) is 0. The van der Waals surface area contributed by atoms with Gasteiger partial charge in [0.1, 0.15) is 0 Å². The first-order valence-electron chi connectivity index (χ1n) is 6.48. The molecule has 0 N–H and O–H groups in total. The Morgan fingerprint density at radius 3 is 2.61 bits per heavy atom. The minimum absolute atomic E-state index is 0.477. The first-order chi connectivity index (χ1) is 8.90. The van der Waals surface area contributed by atoms with Crippen LogP contribution in [0.25, 0.3) is 0 Å². The molecule has 5 nitrogen and oxygen atoms in total. The molecule has 92 valence electrons. The molecule has 4 rings (SSSR count). The van der Waals surface area contributed by atoms with Gasteiger partial charge in [-0.25, -0.2) is 0 Å². The number of hydrogen-bond acceptors (Lipinski definition) is 4. The summed E-state index contributed by atoms with van der Waals surface area (Å²) in [7, 11) is 0. The van der Waals surface area contributed by atoms with E-state index < -0.39 is 0 Å². The molecule has 1 aliphatic heterocycles. The molecule has 5 heteroatoms. The summed E-state index contributed by atoms with van der Waals surface area (Å²) in [5, 5.41) is 12.9. The van der Waals surface area contributed by atoms with Crippen molar-refractivity contribution in [3.05, 3.63) is 36.3 Å². The molecule has 0 amide bonds. The van der Waals surface area contributed by atoms with E-state index in [4.69, 9.17) is 0 Å². The molecule has 0 aromatic carbocycles. The lowest BCUT2D eigenvalue weighted by atomic mass is 10.1. The van der Waals surface area contributed by atoms with Crippen molar-refractivity contribution in [2.45, 2.75) is 24.8 Å². The SMILES string of the molecule is c1cnn(C2CN(c3ccc(C4CC4)nn3)C2)c1. The summed E-state index contributed by atoms with van der Waals surface area (Å²) in [5.74, 6) is 1.67.